The molecule has 0 aromatic rings. The van der Waals surface area contributed by atoms with E-state index in [2.05, 4.69) is 20.8 Å². The number of hydrogen-bond donors (Lipinski definition) is 0. The summed E-state index contributed by atoms with van der Waals surface area (Å²) in [7, 11) is 3.62. The van der Waals surface area contributed by atoms with Crippen molar-refractivity contribution in [3.05, 3.63) is 0 Å². The summed E-state index contributed by atoms with van der Waals surface area (Å²) in [5, 5.41) is 0. The first kappa shape index (κ1) is 12.0. The number of methoxy groups -OCH3 is 2. The predicted molar refractivity (Wildman–Crippen MR) is 58.4 cm³/mol. The second-order valence-electron chi connectivity index (χ2n) is 5.11. The summed E-state index contributed by atoms with van der Waals surface area (Å²) in [4.78, 5) is 0. The van der Waals surface area contributed by atoms with Crippen LogP contribution in [0.4, 0.5) is 0 Å². The minimum Gasteiger partial charge on any atom is -0.381 e. The Morgan fingerprint density at radius 1 is 1.14 bits per heavy atom. The van der Waals surface area contributed by atoms with E-state index in [0.29, 0.717) is 12.0 Å². The Balaban J connectivity index is 2.67. The summed E-state index contributed by atoms with van der Waals surface area (Å²) in [6.45, 7) is 6.64. The van der Waals surface area contributed by atoms with Crippen molar-refractivity contribution >= 4 is 0 Å². The SMILES string of the molecule is COC1CC(C)CCC1C(C)(C)OC. The fraction of sp³-hybridized carbons (Fsp3) is 1.00. The molecule has 0 bridgehead atoms. The molecule has 1 rings (SSSR count). The zero-order chi connectivity index (χ0) is 10.8. The van der Waals surface area contributed by atoms with E-state index >= 15 is 0 Å². The van der Waals surface area contributed by atoms with Gasteiger partial charge in [0, 0.05) is 20.1 Å². The van der Waals surface area contributed by atoms with Gasteiger partial charge < -0.3 is 9.47 Å². The van der Waals surface area contributed by atoms with Crippen molar-refractivity contribution in [1.29, 1.82) is 0 Å². The van der Waals surface area contributed by atoms with Gasteiger partial charge in [0.15, 0.2) is 0 Å². The van der Waals surface area contributed by atoms with E-state index < -0.39 is 0 Å². The Morgan fingerprint density at radius 3 is 2.29 bits per heavy atom. The minimum atomic E-state index is -0.0547. The van der Waals surface area contributed by atoms with Crippen LogP contribution >= 0.6 is 0 Å². The van der Waals surface area contributed by atoms with Gasteiger partial charge in [0.05, 0.1) is 11.7 Å². The Bertz CT molecular complexity index is 177. The van der Waals surface area contributed by atoms with Crippen LogP contribution in [-0.2, 0) is 9.47 Å². The molecule has 1 saturated carbocycles. The molecule has 0 aliphatic heterocycles. The van der Waals surface area contributed by atoms with E-state index in [1.807, 2.05) is 7.11 Å². The maximum Gasteiger partial charge on any atom is 0.0675 e. The molecule has 2 nitrogen and oxygen atoms in total. The number of ether oxygens (including phenoxy) is 2. The third-order valence-corrected chi connectivity index (χ3v) is 3.78. The van der Waals surface area contributed by atoms with Gasteiger partial charge in [-0.15, -0.1) is 0 Å². The lowest BCUT2D eigenvalue weighted by Crippen LogP contribution is -2.44. The molecular formula is C12H24O2. The molecule has 3 atom stereocenters. The molecule has 2 heteroatoms. The van der Waals surface area contributed by atoms with E-state index in [4.69, 9.17) is 9.47 Å². The van der Waals surface area contributed by atoms with E-state index in [9.17, 15) is 0 Å². The van der Waals surface area contributed by atoms with Crippen LogP contribution in [-0.4, -0.2) is 25.9 Å². The second kappa shape index (κ2) is 4.63. The van der Waals surface area contributed by atoms with Crippen molar-refractivity contribution in [2.45, 2.75) is 51.7 Å². The highest BCUT2D eigenvalue weighted by atomic mass is 16.5. The van der Waals surface area contributed by atoms with E-state index in [0.717, 1.165) is 5.92 Å². The zero-order valence-corrected chi connectivity index (χ0v) is 10.2. The first-order valence-corrected chi connectivity index (χ1v) is 5.59. The molecule has 0 aromatic heterocycles. The molecule has 0 amide bonds. The number of rotatable bonds is 3. The summed E-state index contributed by atoms with van der Waals surface area (Å²) in [6.07, 6.45) is 4.07. The fourth-order valence-electron chi connectivity index (χ4n) is 2.54. The van der Waals surface area contributed by atoms with Gasteiger partial charge in [-0.25, -0.2) is 0 Å². The maximum atomic E-state index is 5.58. The van der Waals surface area contributed by atoms with E-state index in [1.165, 1.54) is 19.3 Å². The fourth-order valence-corrected chi connectivity index (χ4v) is 2.54. The summed E-state index contributed by atoms with van der Waals surface area (Å²) in [6, 6.07) is 0. The van der Waals surface area contributed by atoms with Gasteiger partial charge in [0.2, 0.25) is 0 Å². The largest absolute Gasteiger partial charge is 0.381 e. The molecule has 1 aliphatic rings. The number of hydrogen-bond acceptors (Lipinski definition) is 2. The first-order valence-electron chi connectivity index (χ1n) is 5.59. The van der Waals surface area contributed by atoms with Crippen LogP contribution in [0.15, 0.2) is 0 Å². The van der Waals surface area contributed by atoms with Crippen LogP contribution < -0.4 is 0 Å². The molecule has 0 radical (unpaired) electrons. The van der Waals surface area contributed by atoms with Gasteiger partial charge in [-0.1, -0.05) is 13.3 Å². The summed E-state index contributed by atoms with van der Waals surface area (Å²) < 4.78 is 11.1. The molecule has 3 unspecified atom stereocenters. The van der Waals surface area contributed by atoms with Gasteiger partial charge in [0.25, 0.3) is 0 Å². The highest BCUT2D eigenvalue weighted by Gasteiger charge is 2.39. The molecule has 0 saturated heterocycles. The highest BCUT2D eigenvalue weighted by Crippen LogP contribution is 2.38. The quantitative estimate of drug-likeness (QED) is 0.697. The highest BCUT2D eigenvalue weighted by molar-refractivity contribution is 4.89. The minimum absolute atomic E-state index is 0.0547. The van der Waals surface area contributed by atoms with Crippen LogP contribution in [0.3, 0.4) is 0 Å². The van der Waals surface area contributed by atoms with Gasteiger partial charge in [-0.2, -0.15) is 0 Å². The Morgan fingerprint density at radius 2 is 1.79 bits per heavy atom. The smallest absolute Gasteiger partial charge is 0.0675 e. The van der Waals surface area contributed by atoms with Crippen molar-refractivity contribution in [1.82, 2.24) is 0 Å². The first-order chi connectivity index (χ1) is 6.51. The lowest BCUT2D eigenvalue weighted by atomic mass is 9.73. The topological polar surface area (TPSA) is 18.5 Å². The molecule has 0 heterocycles. The lowest BCUT2D eigenvalue weighted by Gasteiger charge is -2.42. The van der Waals surface area contributed by atoms with Crippen molar-refractivity contribution in [3.8, 4) is 0 Å². The third-order valence-electron chi connectivity index (χ3n) is 3.78. The van der Waals surface area contributed by atoms with Crippen LogP contribution in [0.25, 0.3) is 0 Å². The molecule has 0 N–H and O–H groups in total. The summed E-state index contributed by atoms with van der Waals surface area (Å²) >= 11 is 0. The second-order valence-corrected chi connectivity index (χ2v) is 5.11. The molecular weight excluding hydrogens is 176 g/mol. The molecule has 14 heavy (non-hydrogen) atoms. The maximum absolute atomic E-state index is 5.58. The summed E-state index contributed by atoms with van der Waals surface area (Å²) in [5.41, 5.74) is -0.0547. The van der Waals surface area contributed by atoms with Crippen LogP contribution in [0.2, 0.25) is 0 Å². The lowest BCUT2D eigenvalue weighted by molar-refractivity contribution is -0.107. The monoisotopic (exact) mass is 200 g/mol. The third kappa shape index (κ3) is 2.48. The normalized spacial score (nSPS) is 34.5. The van der Waals surface area contributed by atoms with Gasteiger partial charge in [-0.3, -0.25) is 0 Å². The van der Waals surface area contributed by atoms with Crippen LogP contribution in [0.1, 0.15) is 40.0 Å². The van der Waals surface area contributed by atoms with E-state index in [1.54, 1.807) is 7.11 Å². The molecule has 1 fully saturated rings. The Hall–Kier alpha value is -0.0800. The molecule has 0 aromatic carbocycles. The summed E-state index contributed by atoms with van der Waals surface area (Å²) in [5.74, 6) is 1.33. The molecule has 84 valence electrons. The Labute approximate surface area is 88.0 Å². The van der Waals surface area contributed by atoms with Crippen molar-refractivity contribution < 1.29 is 9.47 Å². The predicted octanol–water partition coefficient (Wildman–Crippen LogP) is 2.86. The standard InChI is InChI=1S/C12H24O2/c1-9-6-7-10(11(8-9)13-4)12(2,3)14-5/h9-11H,6-8H2,1-5H3. The van der Waals surface area contributed by atoms with Gasteiger partial charge in [-0.05, 0) is 32.6 Å². The molecule has 1 aliphatic carbocycles. The Kier molecular flexibility index (Phi) is 3.96. The van der Waals surface area contributed by atoms with Crippen molar-refractivity contribution in [2.24, 2.45) is 11.8 Å². The molecule has 0 spiro atoms. The van der Waals surface area contributed by atoms with Crippen LogP contribution in [0, 0.1) is 11.8 Å². The van der Waals surface area contributed by atoms with Crippen molar-refractivity contribution in [3.63, 3.8) is 0 Å². The average Bonchev–Trinajstić information content (AvgIpc) is 2.17. The van der Waals surface area contributed by atoms with Gasteiger partial charge in [0.1, 0.15) is 0 Å². The van der Waals surface area contributed by atoms with Crippen molar-refractivity contribution in [2.75, 3.05) is 14.2 Å². The zero-order valence-electron chi connectivity index (χ0n) is 10.2. The van der Waals surface area contributed by atoms with Crippen LogP contribution in [0.5, 0.6) is 0 Å². The van der Waals surface area contributed by atoms with E-state index in [-0.39, 0.29) is 5.60 Å². The average molecular weight is 200 g/mol. The van der Waals surface area contributed by atoms with Gasteiger partial charge >= 0.3 is 0 Å².